The van der Waals surface area contributed by atoms with Crippen molar-refractivity contribution in [2.75, 3.05) is 105 Å². The summed E-state index contributed by atoms with van der Waals surface area (Å²) >= 11 is 0. The maximum Gasteiger partial charge on any atom is 0.232 e. The van der Waals surface area contributed by atoms with Gasteiger partial charge in [-0.2, -0.15) is 0 Å². The van der Waals surface area contributed by atoms with Gasteiger partial charge in [0.25, 0.3) is 0 Å². The highest BCUT2D eigenvalue weighted by Crippen LogP contribution is 2.49. The number of amides is 4. The zero-order valence-electron chi connectivity index (χ0n) is 73.9. The molecular formula is C112H121BrN8O8. The van der Waals surface area contributed by atoms with Crippen LogP contribution in [0.3, 0.4) is 0 Å². The van der Waals surface area contributed by atoms with Gasteiger partial charge in [0.05, 0.1) is 26.4 Å². The van der Waals surface area contributed by atoms with Crippen LogP contribution in [0.4, 0.5) is 0 Å². The molecular weight excluding hydrogens is 1670 g/mol. The van der Waals surface area contributed by atoms with E-state index in [0.717, 1.165) is 250 Å². The molecule has 4 fully saturated rings. The van der Waals surface area contributed by atoms with Crippen LogP contribution in [0.1, 0.15) is 115 Å². The number of halogens is 1. The van der Waals surface area contributed by atoms with E-state index >= 15 is 0 Å². The molecule has 0 spiro atoms. The van der Waals surface area contributed by atoms with Crippen LogP contribution in [0.5, 0.6) is 23.0 Å². The molecule has 4 atom stereocenters. The SMILES string of the molecule is Br.NC(=O)C(c1ccccc1)(c1ccccc1)[C@@H]1CCN(CCc2ccc3c(c2)CCO3)C1.NC(=O)C(c1ccccc1)(c1ccccc1)[C@@H]1CCN(CCc2ccc3c(c2)CCO3)C1.NC(=O)C(c1ccccc1)(c1ccccc1)[C@@H]1CCN(CCc2ccc3c(c2)CCO3)C1.NC(=O)C(c1ccccc1)(c1ccccc1)[C@@H]1CCN(CCc2ccc3c(c2)CCO3)C1. The average molecular weight is 1790 g/mol. The van der Waals surface area contributed by atoms with E-state index in [4.69, 9.17) is 41.9 Å². The van der Waals surface area contributed by atoms with Crippen molar-refractivity contribution < 1.29 is 38.1 Å². The number of rotatable bonds is 28. The van der Waals surface area contributed by atoms with Crippen molar-refractivity contribution in [1.29, 1.82) is 0 Å². The summed E-state index contributed by atoms with van der Waals surface area (Å²) in [7, 11) is 0. The second kappa shape index (κ2) is 41.6. The van der Waals surface area contributed by atoms with Crippen molar-refractivity contribution in [3.8, 4) is 23.0 Å². The normalized spacial score (nSPS) is 18.2. The first-order chi connectivity index (χ1) is 62.7. The van der Waals surface area contributed by atoms with Gasteiger partial charge in [0.2, 0.25) is 23.6 Å². The van der Waals surface area contributed by atoms with Crippen molar-refractivity contribution in [2.45, 2.75) is 98.7 Å². The van der Waals surface area contributed by atoms with Crippen molar-refractivity contribution in [2.24, 2.45) is 46.6 Å². The minimum absolute atomic E-state index is 0. The molecule has 0 bridgehead atoms. The Labute approximate surface area is 771 Å². The maximum absolute atomic E-state index is 13.2. The third-order valence-corrected chi connectivity index (χ3v) is 28.8. The van der Waals surface area contributed by atoms with Crippen LogP contribution >= 0.6 is 17.0 Å². The average Bonchev–Trinajstić information content (AvgIpc) is 1.63. The smallest absolute Gasteiger partial charge is 0.232 e. The van der Waals surface area contributed by atoms with Crippen LogP contribution in [0.15, 0.2) is 315 Å². The van der Waals surface area contributed by atoms with E-state index in [-0.39, 0.29) is 64.3 Å². The predicted molar refractivity (Wildman–Crippen MR) is 517 cm³/mol. The van der Waals surface area contributed by atoms with Crippen LogP contribution in [0.2, 0.25) is 0 Å². The Bertz CT molecular complexity index is 4880. The topological polar surface area (TPSA) is 222 Å². The molecule has 16 nitrogen and oxygen atoms in total. The van der Waals surface area contributed by atoms with Gasteiger partial charge < -0.3 is 61.5 Å². The molecule has 4 amide bonds. The Morgan fingerprint density at radius 1 is 0.256 bits per heavy atom. The lowest BCUT2D eigenvalue weighted by Gasteiger charge is -2.37. The van der Waals surface area contributed by atoms with Crippen molar-refractivity contribution in [3.05, 3.63) is 404 Å². The van der Waals surface area contributed by atoms with Crippen LogP contribution in [-0.4, -0.2) is 148 Å². The first-order valence-electron chi connectivity index (χ1n) is 46.2. The summed E-state index contributed by atoms with van der Waals surface area (Å²) in [5.41, 5.74) is 40.2. The molecule has 20 rings (SSSR count). The van der Waals surface area contributed by atoms with Crippen LogP contribution in [0, 0.1) is 23.7 Å². The number of likely N-dealkylation sites (tertiary alicyclic amines) is 4. The Morgan fingerprint density at radius 2 is 0.426 bits per heavy atom. The number of hydrogen-bond acceptors (Lipinski definition) is 12. The van der Waals surface area contributed by atoms with E-state index < -0.39 is 21.7 Å². The number of benzene rings is 12. The molecule has 4 saturated heterocycles. The third kappa shape index (κ3) is 19.2. The van der Waals surface area contributed by atoms with Gasteiger partial charge in [-0.1, -0.05) is 291 Å². The highest BCUT2D eigenvalue weighted by molar-refractivity contribution is 8.93. The lowest BCUT2D eigenvalue weighted by molar-refractivity contribution is -0.124. The summed E-state index contributed by atoms with van der Waals surface area (Å²) in [4.78, 5) is 62.7. The molecule has 0 aromatic heterocycles. The zero-order valence-corrected chi connectivity index (χ0v) is 75.6. The Morgan fingerprint density at radius 3 is 0.589 bits per heavy atom. The summed E-state index contributed by atoms with van der Waals surface area (Å²) < 4.78 is 22.5. The second-order valence-electron chi connectivity index (χ2n) is 35.9. The third-order valence-electron chi connectivity index (χ3n) is 28.8. The highest BCUT2D eigenvalue weighted by atomic mass is 79.9. The summed E-state index contributed by atoms with van der Waals surface area (Å²) in [5.74, 6) is 3.63. The van der Waals surface area contributed by atoms with Gasteiger partial charge in [-0.15, -0.1) is 17.0 Å². The number of fused-ring (bicyclic) bond motifs is 4. The molecule has 0 radical (unpaired) electrons. The first-order valence-corrected chi connectivity index (χ1v) is 46.2. The second-order valence-corrected chi connectivity index (χ2v) is 35.9. The minimum Gasteiger partial charge on any atom is -0.493 e. The monoisotopic (exact) mass is 1780 g/mol. The summed E-state index contributed by atoms with van der Waals surface area (Å²) in [6.45, 7) is 14.5. The van der Waals surface area contributed by atoms with Gasteiger partial charge in [0, 0.05) is 78.0 Å². The number of carbonyl (C=O) groups is 4. The number of nitrogens with two attached hydrogens (primary N) is 4. The molecule has 0 unspecified atom stereocenters. The minimum atomic E-state index is -0.817. The number of nitrogens with zero attached hydrogens (tertiary/aromatic N) is 4. The fourth-order valence-corrected chi connectivity index (χ4v) is 22.4. The molecule has 17 heteroatoms. The van der Waals surface area contributed by atoms with Crippen molar-refractivity contribution >= 4 is 40.6 Å². The predicted octanol–water partition coefficient (Wildman–Crippen LogP) is 16.4. The fourth-order valence-electron chi connectivity index (χ4n) is 22.4. The zero-order chi connectivity index (χ0) is 87.9. The molecule has 8 N–H and O–H groups in total. The molecule has 8 aliphatic rings. The standard InChI is InChI=1S/4C28H30N2O2.BrH/c4*29-27(31)28(23-7-3-1-4-8-23,24-9-5-2-6-10-24)25-14-17-30(20-25)16-13-21-11-12-26-22(19-21)15-18-32-26;/h4*1-12,19,25H,13-18,20H2,(H2,29,31);1H/t4*25-;/m1111./s1. The summed E-state index contributed by atoms with van der Waals surface area (Å²) in [5, 5.41) is 0. The largest absolute Gasteiger partial charge is 0.493 e. The van der Waals surface area contributed by atoms with Gasteiger partial charge in [-0.3, -0.25) is 19.2 Å². The molecule has 129 heavy (non-hydrogen) atoms. The molecule has 12 aromatic rings. The van der Waals surface area contributed by atoms with E-state index in [9.17, 15) is 19.2 Å². The first kappa shape index (κ1) is 90.4. The van der Waals surface area contributed by atoms with Gasteiger partial charge in [-0.25, -0.2) is 0 Å². The number of ether oxygens (including phenoxy) is 4. The van der Waals surface area contributed by atoms with Crippen LogP contribution in [0.25, 0.3) is 0 Å². The lowest BCUT2D eigenvalue weighted by Crippen LogP contribution is -2.49. The van der Waals surface area contributed by atoms with Crippen LogP contribution < -0.4 is 41.9 Å². The molecule has 664 valence electrons. The Kier molecular flexibility index (Phi) is 29.2. The van der Waals surface area contributed by atoms with Crippen LogP contribution in [-0.2, 0) is 92.2 Å². The van der Waals surface area contributed by atoms with Gasteiger partial charge >= 0.3 is 0 Å². The Hall–Kier alpha value is -12.0. The van der Waals surface area contributed by atoms with Crippen molar-refractivity contribution in [3.63, 3.8) is 0 Å². The molecule has 12 aromatic carbocycles. The van der Waals surface area contributed by atoms with E-state index in [0.29, 0.717) is 0 Å². The highest BCUT2D eigenvalue weighted by Gasteiger charge is 2.54. The maximum atomic E-state index is 13.2. The number of primary amides is 4. The quantitative estimate of drug-likeness (QED) is 0.0360. The molecule has 8 aliphatic heterocycles. The molecule has 0 aliphatic carbocycles. The van der Waals surface area contributed by atoms with E-state index in [2.05, 4.69) is 92.4 Å². The summed E-state index contributed by atoms with van der Waals surface area (Å²) in [6.07, 6.45) is 11.8. The lowest BCUT2D eigenvalue weighted by atomic mass is 9.64. The number of hydrogen-bond donors (Lipinski definition) is 4. The molecule has 8 heterocycles. The fraction of sp³-hybridized carbons (Fsp3) is 0.321. The Balaban J connectivity index is 0.000000126. The van der Waals surface area contributed by atoms with Gasteiger partial charge in [0.1, 0.15) is 44.7 Å². The van der Waals surface area contributed by atoms with E-state index in [1.165, 1.54) is 44.5 Å². The number of carbonyl (C=O) groups excluding carboxylic acids is 4. The molecule has 0 saturated carbocycles. The van der Waals surface area contributed by atoms with E-state index in [1.807, 2.05) is 243 Å². The summed E-state index contributed by atoms with van der Waals surface area (Å²) in [6, 6.07) is 107. The van der Waals surface area contributed by atoms with Gasteiger partial charge in [-0.05, 0) is 214 Å². The van der Waals surface area contributed by atoms with Crippen molar-refractivity contribution in [1.82, 2.24) is 19.6 Å². The van der Waals surface area contributed by atoms with Gasteiger partial charge in [0.15, 0.2) is 0 Å². The van der Waals surface area contributed by atoms with E-state index in [1.54, 1.807) is 0 Å².